The topological polar surface area (TPSA) is 86.6 Å². The van der Waals surface area contributed by atoms with Gasteiger partial charge in [-0.1, -0.05) is 36.4 Å². The van der Waals surface area contributed by atoms with E-state index in [1.54, 1.807) is 36.5 Å². The number of pyridine rings is 1. The Morgan fingerprint density at radius 2 is 1.81 bits per heavy atom. The number of ether oxygens (including phenoxy) is 2. The van der Waals surface area contributed by atoms with Crippen molar-refractivity contribution in [1.29, 1.82) is 0 Å². The van der Waals surface area contributed by atoms with Gasteiger partial charge in [0.15, 0.2) is 17.3 Å². The lowest BCUT2D eigenvalue weighted by Gasteiger charge is -2.15. The number of carbonyl (C=O) groups is 2. The van der Waals surface area contributed by atoms with E-state index in [9.17, 15) is 14.4 Å². The van der Waals surface area contributed by atoms with Crippen LogP contribution in [0.1, 0.15) is 40.9 Å². The zero-order valence-electron chi connectivity index (χ0n) is 17.0. The molecule has 31 heavy (non-hydrogen) atoms. The predicted octanol–water partition coefficient (Wildman–Crippen LogP) is 3.08. The third-order valence-corrected chi connectivity index (χ3v) is 5.15. The minimum absolute atomic E-state index is 0.0860. The van der Waals surface area contributed by atoms with E-state index in [1.165, 1.54) is 10.6 Å². The van der Waals surface area contributed by atoms with Gasteiger partial charge in [-0.15, -0.1) is 0 Å². The van der Waals surface area contributed by atoms with Crippen molar-refractivity contribution in [3.05, 3.63) is 93.9 Å². The van der Waals surface area contributed by atoms with Crippen LogP contribution in [0.2, 0.25) is 0 Å². The molecule has 4 rings (SSSR count). The first-order valence-corrected chi connectivity index (χ1v) is 10.0. The van der Waals surface area contributed by atoms with E-state index < -0.39 is 5.56 Å². The molecule has 1 aliphatic rings. The third kappa shape index (κ3) is 4.50. The lowest BCUT2D eigenvalue weighted by atomic mass is 10.0. The Bertz CT molecular complexity index is 1170. The van der Waals surface area contributed by atoms with Crippen LogP contribution in [0.4, 0.5) is 0 Å². The zero-order chi connectivity index (χ0) is 21.8. The second kappa shape index (κ2) is 8.87. The molecule has 0 spiro atoms. The number of benzene rings is 2. The molecule has 0 aliphatic carbocycles. The summed E-state index contributed by atoms with van der Waals surface area (Å²) in [5.74, 6) is 0.814. The van der Waals surface area contributed by atoms with E-state index in [0.717, 1.165) is 5.56 Å². The zero-order valence-corrected chi connectivity index (χ0v) is 17.0. The summed E-state index contributed by atoms with van der Waals surface area (Å²) >= 11 is 0. The monoisotopic (exact) mass is 418 g/mol. The fourth-order valence-corrected chi connectivity index (χ4v) is 3.43. The average Bonchev–Trinajstić information content (AvgIpc) is 3.26. The molecule has 158 valence electrons. The van der Waals surface area contributed by atoms with Gasteiger partial charge in [-0.25, -0.2) is 0 Å². The fraction of sp³-hybridized carbons (Fsp3) is 0.208. The highest BCUT2D eigenvalue weighted by Gasteiger charge is 2.18. The molecule has 1 aliphatic heterocycles. The number of hydrogen-bond donors (Lipinski definition) is 1. The first-order chi connectivity index (χ1) is 15.0. The molecule has 1 amide bonds. The molecule has 1 aromatic heterocycles. The van der Waals surface area contributed by atoms with Crippen molar-refractivity contribution in [2.24, 2.45) is 0 Å². The minimum atomic E-state index is -0.409. The van der Waals surface area contributed by atoms with Crippen LogP contribution < -0.4 is 20.3 Å². The summed E-state index contributed by atoms with van der Waals surface area (Å²) in [5.41, 5.74) is 1.02. The van der Waals surface area contributed by atoms with E-state index in [-0.39, 0.29) is 43.1 Å². The summed E-state index contributed by atoms with van der Waals surface area (Å²) < 4.78 is 12.1. The highest BCUT2D eigenvalue weighted by molar-refractivity contribution is 6.08. The first-order valence-electron chi connectivity index (χ1n) is 10.0. The van der Waals surface area contributed by atoms with Crippen LogP contribution in [0.3, 0.4) is 0 Å². The maximum Gasteiger partial charge on any atom is 0.261 e. The van der Waals surface area contributed by atoms with E-state index in [2.05, 4.69) is 5.32 Å². The van der Waals surface area contributed by atoms with Crippen LogP contribution in [-0.4, -0.2) is 23.1 Å². The number of hydrogen-bond acceptors (Lipinski definition) is 5. The molecule has 0 radical (unpaired) electrons. The standard InChI is InChI=1S/C24H22N2O5/c1-16(18-9-10-20-21(14-18)31-15-30-20)25-22(27)11-13-26-12-5-8-19(24(26)29)23(28)17-6-3-2-4-7-17/h2-10,12,14,16H,11,13,15H2,1H3,(H,25,27)/t16-/m0/s1. The van der Waals surface area contributed by atoms with E-state index in [1.807, 2.05) is 31.2 Å². The average molecular weight is 418 g/mol. The number of amides is 1. The Labute approximate surface area is 179 Å². The highest BCUT2D eigenvalue weighted by atomic mass is 16.7. The van der Waals surface area contributed by atoms with Crippen molar-refractivity contribution < 1.29 is 19.1 Å². The number of rotatable bonds is 7. The van der Waals surface area contributed by atoms with Crippen LogP contribution in [0.15, 0.2) is 71.7 Å². The summed E-state index contributed by atoms with van der Waals surface area (Å²) in [6, 6.07) is 17.1. The maximum absolute atomic E-state index is 12.7. The van der Waals surface area contributed by atoms with E-state index in [4.69, 9.17) is 9.47 Å². The Hall–Kier alpha value is -3.87. The number of fused-ring (bicyclic) bond motifs is 1. The second-order valence-corrected chi connectivity index (χ2v) is 7.27. The van der Waals surface area contributed by atoms with Crippen molar-refractivity contribution in [2.75, 3.05) is 6.79 Å². The quantitative estimate of drug-likeness (QED) is 0.596. The van der Waals surface area contributed by atoms with Gasteiger partial charge in [0.2, 0.25) is 12.7 Å². The molecule has 1 N–H and O–H groups in total. The lowest BCUT2D eigenvalue weighted by molar-refractivity contribution is -0.122. The molecule has 2 heterocycles. The molecule has 2 aromatic carbocycles. The summed E-state index contributed by atoms with van der Waals surface area (Å²) in [6.45, 7) is 2.25. The van der Waals surface area contributed by atoms with Gasteiger partial charge in [0.05, 0.1) is 11.6 Å². The Morgan fingerprint density at radius 1 is 1.03 bits per heavy atom. The third-order valence-electron chi connectivity index (χ3n) is 5.15. The molecule has 7 heteroatoms. The lowest BCUT2D eigenvalue weighted by Crippen LogP contribution is -2.31. The van der Waals surface area contributed by atoms with Crippen LogP contribution in [-0.2, 0) is 11.3 Å². The van der Waals surface area contributed by atoms with Crippen molar-refractivity contribution in [3.8, 4) is 11.5 Å². The second-order valence-electron chi connectivity index (χ2n) is 7.27. The van der Waals surface area contributed by atoms with Crippen molar-refractivity contribution in [1.82, 2.24) is 9.88 Å². The van der Waals surface area contributed by atoms with Crippen molar-refractivity contribution >= 4 is 11.7 Å². The van der Waals surface area contributed by atoms with E-state index >= 15 is 0 Å². The molecule has 0 saturated carbocycles. The Balaban J connectivity index is 1.39. The number of nitrogens with zero attached hydrogens (tertiary/aromatic N) is 1. The summed E-state index contributed by atoms with van der Waals surface area (Å²) in [4.78, 5) is 37.8. The molecule has 7 nitrogen and oxygen atoms in total. The number of aryl methyl sites for hydroxylation is 1. The van der Waals surface area contributed by atoms with Gasteiger partial charge in [-0.2, -0.15) is 0 Å². The van der Waals surface area contributed by atoms with Gasteiger partial charge in [-0.05, 0) is 36.8 Å². The highest BCUT2D eigenvalue weighted by Crippen LogP contribution is 2.34. The number of nitrogens with one attached hydrogen (secondary N) is 1. The fourth-order valence-electron chi connectivity index (χ4n) is 3.43. The molecule has 0 saturated heterocycles. The van der Waals surface area contributed by atoms with Gasteiger partial charge in [-0.3, -0.25) is 14.4 Å². The van der Waals surface area contributed by atoms with Crippen LogP contribution in [0.25, 0.3) is 0 Å². The molecular weight excluding hydrogens is 396 g/mol. The number of ketones is 1. The molecule has 1 atom stereocenters. The van der Waals surface area contributed by atoms with Gasteiger partial charge < -0.3 is 19.4 Å². The maximum atomic E-state index is 12.7. The summed E-state index contributed by atoms with van der Waals surface area (Å²) in [5, 5.41) is 2.92. The number of aromatic nitrogens is 1. The van der Waals surface area contributed by atoms with Gasteiger partial charge >= 0.3 is 0 Å². The van der Waals surface area contributed by atoms with Crippen LogP contribution >= 0.6 is 0 Å². The number of carbonyl (C=O) groups excluding carboxylic acids is 2. The summed E-state index contributed by atoms with van der Waals surface area (Å²) in [6.07, 6.45) is 1.69. The Kier molecular flexibility index (Phi) is 5.84. The van der Waals surface area contributed by atoms with Gasteiger partial charge in [0, 0.05) is 24.7 Å². The molecule has 0 unspecified atom stereocenters. The van der Waals surface area contributed by atoms with Gasteiger partial charge in [0.25, 0.3) is 5.56 Å². The predicted molar refractivity (Wildman–Crippen MR) is 114 cm³/mol. The van der Waals surface area contributed by atoms with E-state index in [0.29, 0.717) is 17.1 Å². The molecule has 0 bridgehead atoms. The summed E-state index contributed by atoms with van der Waals surface area (Å²) in [7, 11) is 0. The SMILES string of the molecule is C[C@H](NC(=O)CCn1cccc(C(=O)c2ccccc2)c1=O)c1ccc2c(c1)OCO2. The molecular formula is C24H22N2O5. The normalized spacial score (nSPS) is 12.9. The van der Waals surface area contributed by atoms with Crippen LogP contribution in [0.5, 0.6) is 11.5 Å². The van der Waals surface area contributed by atoms with Crippen molar-refractivity contribution in [3.63, 3.8) is 0 Å². The molecule has 0 fully saturated rings. The molecule has 3 aromatic rings. The first kappa shape index (κ1) is 20.4. The largest absolute Gasteiger partial charge is 0.454 e. The minimum Gasteiger partial charge on any atom is -0.454 e. The Morgan fingerprint density at radius 3 is 2.61 bits per heavy atom. The van der Waals surface area contributed by atoms with Gasteiger partial charge in [0.1, 0.15) is 0 Å². The van der Waals surface area contributed by atoms with Crippen LogP contribution in [0, 0.1) is 0 Å². The van der Waals surface area contributed by atoms with Crippen molar-refractivity contribution in [2.45, 2.75) is 25.9 Å². The smallest absolute Gasteiger partial charge is 0.261 e.